The van der Waals surface area contributed by atoms with Crippen molar-refractivity contribution >= 4 is 39.9 Å². The summed E-state index contributed by atoms with van der Waals surface area (Å²) < 4.78 is 143. The molecule has 0 spiro atoms. The largest absolute Gasteiger partial charge is 1.00 e. The van der Waals surface area contributed by atoms with Crippen molar-refractivity contribution in [1.82, 2.24) is 4.13 Å². The van der Waals surface area contributed by atoms with E-state index in [4.69, 9.17) is 0 Å². The Hall–Kier alpha value is 0.976. The molecule has 0 rings (SSSR count). The van der Waals surface area contributed by atoms with Crippen LogP contribution in [0.1, 0.15) is 0 Å². The molecule has 1 N–H and O–H groups in total. The molecule has 0 bridgehead atoms. The second-order valence-electron chi connectivity index (χ2n) is 3.68. The molecule has 2 atom stereocenters. The zero-order chi connectivity index (χ0) is 19.1. The van der Waals surface area contributed by atoms with Crippen molar-refractivity contribution in [3.05, 3.63) is 0 Å². The van der Waals surface area contributed by atoms with Crippen LogP contribution in [-0.4, -0.2) is 48.8 Å². The number of halogens is 6. The van der Waals surface area contributed by atoms with Crippen LogP contribution in [0.4, 0.5) is 26.3 Å². The van der Waals surface area contributed by atoms with E-state index in [9.17, 15) is 51.6 Å². The minimum atomic E-state index is -6.35. The maximum absolute atomic E-state index is 12.0. The third-order valence-corrected chi connectivity index (χ3v) is 8.86. The van der Waals surface area contributed by atoms with Crippen LogP contribution in [0.2, 0.25) is 0 Å². The van der Waals surface area contributed by atoms with Crippen LogP contribution in [0.15, 0.2) is 7.54 Å². The van der Waals surface area contributed by atoms with Gasteiger partial charge < -0.3 is 0 Å². The van der Waals surface area contributed by atoms with Gasteiger partial charge in [0, 0.05) is 12.5 Å². The van der Waals surface area contributed by atoms with Crippen molar-refractivity contribution in [2.45, 2.75) is 11.0 Å². The Kier molecular flexibility index (Phi) is 8.98. The molecule has 24 heavy (non-hydrogen) atoms. The van der Waals surface area contributed by atoms with Crippen molar-refractivity contribution in [3.63, 3.8) is 0 Å². The van der Waals surface area contributed by atoms with Gasteiger partial charge in [0.15, 0.2) is 0 Å². The first-order chi connectivity index (χ1) is 9.62. The Morgan fingerprint density at radius 3 is 1.04 bits per heavy atom. The Labute approximate surface area is 176 Å². The van der Waals surface area contributed by atoms with Gasteiger partial charge in [-0.25, -0.2) is 8.42 Å². The summed E-state index contributed by atoms with van der Waals surface area (Å²) in [6.07, 6.45) is 0.268. The molecule has 2 unspecified atom stereocenters. The summed E-state index contributed by atoms with van der Waals surface area (Å²) in [5, 5.41) is 0. The molecule has 0 fully saturated rings. The van der Waals surface area contributed by atoms with Crippen molar-refractivity contribution < 1.29 is 103 Å². The molecule has 0 aliphatic rings. The molecular weight excluding hydrogens is 467 g/mol. The van der Waals surface area contributed by atoms with Crippen molar-refractivity contribution in [3.8, 4) is 0 Å². The zero-order valence-electron chi connectivity index (χ0n) is 11.7. The molecule has 0 aromatic heterocycles. The van der Waals surface area contributed by atoms with E-state index in [-0.39, 0.29) is 63.9 Å². The molecular formula is C4H7F6KN3O6S4+. The fourth-order valence-corrected chi connectivity index (χ4v) is 7.53. The molecule has 0 heterocycles. The van der Waals surface area contributed by atoms with Gasteiger partial charge in [-0.1, -0.05) is 7.54 Å². The number of nitrogens with zero attached hydrogens (tertiary/aromatic N) is 2. The van der Waals surface area contributed by atoms with Crippen LogP contribution in [0, 0.1) is 0 Å². The van der Waals surface area contributed by atoms with Gasteiger partial charge in [0.25, 0.3) is 0 Å². The monoisotopic (exact) mass is 474 g/mol. The van der Waals surface area contributed by atoms with Crippen LogP contribution in [0.25, 0.3) is 0 Å². The predicted octanol–water partition coefficient (Wildman–Crippen LogP) is -2.70. The first kappa shape index (κ1) is 27.2. The molecule has 9 nitrogen and oxygen atoms in total. The van der Waals surface area contributed by atoms with E-state index in [1.54, 1.807) is 0 Å². The Morgan fingerprint density at radius 2 is 0.875 bits per heavy atom. The van der Waals surface area contributed by atoms with Gasteiger partial charge in [-0.15, -0.1) is 4.13 Å². The van der Waals surface area contributed by atoms with Gasteiger partial charge in [0.2, 0.25) is 0 Å². The normalized spacial score (nSPS) is 18.7. The number of rotatable bonds is 4. The molecule has 140 valence electrons. The number of sulfonamides is 2. The molecule has 0 aliphatic carbocycles. The molecule has 0 amide bonds. The molecule has 0 aliphatic heterocycles. The smallest absolute Gasteiger partial charge is 0.232 e. The maximum atomic E-state index is 12.0. The van der Waals surface area contributed by atoms with Crippen LogP contribution in [0.3, 0.4) is 0 Å². The zero-order valence-corrected chi connectivity index (χ0v) is 18.1. The summed E-state index contributed by atoms with van der Waals surface area (Å²) >= 11 is 0. The first-order valence-electron chi connectivity index (χ1n) is 4.50. The van der Waals surface area contributed by atoms with Crippen LogP contribution in [-0.2, 0) is 39.9 Å². The molecule has 0 saturated heterocycles. The van der Waals surface area contributed by atoms with Gasteiger partial charge in [-0.2, -0.15) is 43.2 Å². The Bertz CT molecular complexity index is 840. The molecule has 20 heteroatoms. The predicted molar refractivity (Wildman–Crippen MR) is 66.1 cm³/mol. The Morgan fingerprint density at radius 1 is 0.667 bits per heavy atom. The second-order valence-corrected chi connectivity index (χ2v) is 11.6. The van der Waals surface area contributed by atoms with Gasteiger partial charge in [0.05, 0.1) is 0 Å². The van der Waals surface area contributed by atoms with E-state index in [1.807, 2.05) is 7.54 Å². The summed E-state index contributed by atoms with van der Waals surface area (Å²) in [6, 6.07) is 0. The number of nitrogens with one attached hydrogen (secondary N) is 1. The summed E-state index contributed by atoms with van der Waals surface area (Å²) in [6.45, 7) is 0. The van der Waals surface area contributed by atoms with Gasteiger partial charge >= 0.3 is 82.4 Å². The average Bonchev–Trinajstić information content (AvgIpc) is 2.05. The maximum Gasteiger partial charge on any atom is 1.00 e. The summed E-state index contributed by atoms with van der Waals surface area (Å²) in [5.41, 5.74) is -12.0. The Balaban J connectivity index is 0. The van der Waals surface area contributed by atoms with Gasteiger partial charge in [0.1, 0.15) is 19.8 Å². The topological polar surface area (TPSA) is 139 Å². The molecule has 0 aromatic carbocycles. The van der Waals surface area contributed by atoms with E-state index in [0.29, 0.717) is 0 Å². The van der Waals surface area contributed by atoms with Gasteiger partial charge in [-0.3, -0.25) is 0 Å². The van der Waals surface area contributed by atoms with Crippen LogP contribution < -0.4 is 55.5 Å². The number of alkyl halides is 6. The molecule has 0 aromatic rings. The van der Waals surface area contributed by atoms with E-state index >= 15 is 0 Å². The van der Waals surface area contributed by atoms with Crippen LogP contribution in [0.5, 0.6) is 0 Å². The molecule has 0 radical (unpaired) electrons. The number of hydrogen-bond acceptors (Lipinski definition) is 6. The average molecular weight is 474 g/mol. The second kappa shape index (κ2) is 7.92. The molecule has 0 saturated carbocycles. The standard InChI is InChI=1S/C4H7F6N3O6S4.K/c1-20(14,12-22(16,17)3(5,6)7)11-21(2,15)13-23(18,19)4(8,9)10;/h1-2H3,(H,11,12,13,14,15);/q;+1. The number of hydrogen-bond donors (Lipinski definition) is 1. The van der Waals surface area contributed by atoms with Crippen molar-refractivity contribution in [2.24, 2.45) is 7.54 Å². The fraction of sp³-hybridized carbons (Fsp3) is 1.00. The quantitative estimate of drug-likeness (QED) is 0.348. The minimum absolute atomic E-state index is 0. The third kappa shape index (κ3) is 8.12. The summed E-state index contributed by atoms with van der Waals surface area (Å²) in [7, 11) is -22.3. The summed E-state index contributed by atoms with van der Waals surface area (Å²) in [4.78, 5) is 0. The van der Waals surface area contributed by atoms with E-state index in [2.05, 4.69) is 0 Å². The first-order valence-corrected chi connectivity index (χ1v) is 11.2. The van der Waals surface area contributed by atoms with Gasteiger partial charge in [-0.05, 0) is 0 Å². The van der Waals surface area contributed by atoms with Crippen molar-refractivity contribution in [1.29, 1.82) is 0 Å². The van der Waals surface area contributed by atoms with Crippen LogP contribution >= 0.6 is 0 Å². The van der Waals surface area contributed by atoms with E-state index in [1.165, 1.54) is 0 Å². The summed E-state index contributed by atoms with van der Waals surface area (Å²) in [5.74, 6) is 0. The van der Waals surface area contributed by atoms with Crippen molar-refractivity contribution in [2.75, 3.05) is 12.5 Å². The SMILES string of the molecule is CS(=O)(=NS(=O)(=O)C(F)(F)F)NS(C)(=O)=NS(=O)(=O)C(F)(F)F.[K+]. The third-order valence-electron chi connectivity index (χ3n) is 1.37. The fourth-order valence-electron chi connectivity index (χ4n) is 0.776. The van der Waals surface area contributed by atoms with E-state index in [0.717, 1.165) is 4.13 Å². The minimum Gasteiger partial charge on any atom is -0.232 e. The van der Waals surface area contributed by atoms with E-state index < -0.39 is 50.9 Å².